The van der Waals surface area contributed by atoms with Crippen molar-refractivity contribution in [3.05, 3.63) is 130 Å². The number of anilines is 2. The Balaban J connectivity index is 1.36. The van der Waals surface area contributed by atoms with E-state index in [9.17, 15) is 24.5 Å². The highest BCUT2D eigenvalue weighted by Gasteiger charge is 2.60. The van der Waals surface area contributed by atoms with Gasteiger partial charge in [0, 0.05) is 12.1 Å². The van der Waals surface area contributed by atoms with Gasteiger partial charge in [0.25, 0.3) is 11.6 Å². The van der Waals surface area contributed by atoms with E-state index in [1.165, 1.54) is 23.3 Å². The predicted octanol–water partition coefficient (Wildman–Crippen LogP) is 5.17. The number of imide groups is 1. The maximum atomic E-state index is 13.8. The Kier molecular flexibility index (Phi) is 6.52. The van der Waals surface area contributed by atoms with Crippen LogP contribution in [0.2, 0.25) is 0 Å². The first-order valence-electron chi connectivity index (χ1n) is 12.8. The van der Waals surface area contributed by atoms with E-state index in [2.05, 4.69) is 0 Å². The quantitative estimate of drug-likeness (QED) is 0.106. The van der Waals surface area contributed by atoms with Gasteiger partial charge in [0.05, 0.1) is 27.9 Å². The minimum Gasteiger partial charge on any atom is -0.423 e. The molecular weight excluding hydrogens is 526 g/mol. The minimum atomic E-state index is -1.14. The molecule has 10 heteroatoms. The average Bonchev–Trinajstić information content (AvgIpc) is 3.49. The molecule has 0 bridgehead atoms. The number of fused-ring (bicyclic) bond motifs is 1. The van der Waals surface area contributed by atoms with Crippen molar-refractivity contribution in [3.63, 3.8) is 0 Å². The van der Waals surface area contributed by atoms with Gasteiger partial charge in [0.15, 0.2) is 6.10 Å². The molecule has 4 aromatic rings. The second-order valence-corrected chi connectivity index (χ2v) is 9.77. The van der Waals surface area contributed by atoms with E-state index >= 15 is 0 Å². The molecule has 0 N–H and O–H groups in total. The Morgan fingerprint density at radius 1 is 0.854 bits per heavy atom. The summed E-state index contributed by atoms with van der Waals surface area (Å²) in [6, 6.07) is 27.2. The van der Waals surface area contributed by atoms with Crippen LogP contribution in [0.1, 0.15) is 27.5 Å². The Morgan fingerprint density at radius 2 is 1.56 bits per heavy atom. The molecule has 0 aromatic heterocycles. The maximum Gasteiger partial charge on any atom is 0.343 e. The number of hydrogen-bond acceptors (Lipinski definition) is 8. The lowest BCUT2D eigenvalue weighted by atomic mass is 9.90. The van der Waals surface area contributed by atoms with Gasteiger partial charge in [-0.05, 0) is 60.5 Å². The lowest BCUT2D eigenvalue weighted by Gasteiger charge is -2.28. The number of hydroxylamine groups is 1. The van der Waals surface area contributed by atoms with Crippen molar-refractivity contribution in [1.82, 2.24) is 0 Å². The Bertz CT molecular complexity index is 1670. The highest BCUT2D eigenvalue weighted by Crippen LogP contribution is 2.48. The summed E-state index contributed by atoms with van der Waals surface area (Å²) in [6.45, 7) is 1.87. The summed E-state index contributed by atoms with van der Waals surface area (Å²) in [5.41, 5.74) is 2.48. The van der Waals surface area contributed by atoms with Crippen LogP contribution in [0.5, 0.6) is 5.75 Å². The molecule has 2 aliphatic rings. The molecule has 10 nitrogen and oxygen atoms in total. The van der Waals surface area contributed by atoms with Crippen LogP contribution in [0.4, 0.5) is 17.1 Å². The maximum absolute atomic E-state index is 13.8. The van der Waals surface area contributed by atoms with Crippen molar-refractivity contribution in [2.24, 2.45) is 5.92 Å². The molecule has 2 aliphatic heterocycles. The van der Waals surface area contributed by atoms with Gasteiger partial charge >= 0.3 is 5.97 Å². The molecule has 6 rings (SSSR count). The van der Waals surface area contributed by atoms with E-state index in [1.54, 1.807) is 78.9 Å². The number of amides is 2. The molecule has 2 fully saturated rings. The van der Waals surface area contributed by atoms with Gasteiger partial charge in [-0.15, -0.1) is 0 Å². The van der Waals surface area contributed by atoms with Gasteiger partial charge in [-0.3, -0.25) is 24.5 Å². The molecule has 2 amide bonds. The van der Waals surface area contributed by atoms with E-state index in [1.807, 2.05) is 13.0 Å². The van der Waals surface area contributed by atoms with E-state index in [-0.39, 0.29) is 11.4 Å². The monoisotopic (exact) mass is 549 g/mol. The number of aryl methyl sites for hydroxylation is 1. The van der Waals surface area contributed by atoms with Gasteiger partial charge < -0.3 is 4.74 Å². The number of carbonyl (C=O) groups excluding carboxylic acids is 3. The van der Waals surface area contributed by atoms with E-state index in [4.69, 9.17) is 9.57 Å². The van der Waals surface area contributed by atoms with Crippen molar-refractivity contribution in [3.8, 4) is 5.75 Å². The average molecular weight is 550 g/mol. The number of non-ortho nitro benzene ring substituents is 1. The number of nitro groups is 1. The van der Waals surface area contributed by atoms with E-state index in [0.717, 1.165) is 10.5 Å². The van der Waals surface area contributed by atoms with Gasteiger partial charge in [-0.25, -0.2) is 14.8 Å². The number of hydrogen-bond donors (Lipinski definition) is 0. The molecule has 2 saturated heterocycles. The number of nitrogens with zero attached hydrogens (tertiary/aromatic N) is 3. The minimum absolute atomic E-state index is 0.163. The number of benzene rings is 4. The van der Waals surface area contributed by atoms with Crippen LogP contribution < -0.4 is 14.7 Å². The summed E-state index contributed by atoms with van der Waals surface area (Å²) in [6.07, 6.45) is -1.14. The van der Waals surface area contributed by atoms with Crippen LogP contribution in [-0.4, -0.2) is 28.8 Å². The zero-order valence-corrected chi connectivity index (χ0v) is 21.7. The number of nitro benzene ring substituents is 1. The third-order valence-corrected chi connectivity index (χ3v) is 7.11. The molecule has 204 valence electrons. The van der Waals surface area contributed by atoms with Crippen LogP contribution in [0, 0.1) is 23.0 Å². The fraction of sp³-hybridized carbons (Fsp3) is 0.129. The summed E-state index contributed by atoms with van der Waals surface area (Å²) >= 11 is 0. The molecule has 0 radical (unpaired) electrons. The molecule has 41 heavy (non-hydrogen) atoms. The summed E-state index contributed by atoms with van der Waals surface area (Å²) in [5, 5.41) is 12.9. The number of carbonyl (C=O) groups is 3. The first-order chi connectivity index (χ1) is 19.8. The highest BCUT2D eigenvalue weighted by atomic mass is 16.7. The van der Waals surface area contributed by atoms with Crippen LogP contribution >= 0.6 is 0 Å². The smallest absolute Gasteiger partial charge is 0.343 e. The van der Waals surface area contributed by atoms with Crippen molar-refractivity contribution < 1.29 is 28.9 Å². The van der Waals surface area contributed by atoms with Crippen LogP contribution in [0.25, 0.3) is 0 Å². The fourth-order valence-electron chi connectivity index (χ4n) is 5.22. The second kappa shape index (κ2) is 10.3. The Hall–Kier alpha value is -5.35. The second-order valence-electron chi connectivity index (χ2n) is 9.77. The third kappa shape index (κ3) is 4.70. The summed E-state index contributed by atoms with van der Waals surface area (Å²) in [5.74, 6) is -2.12. The van der Waals surface area contributed by atoms with E-state index in [0.29, 0.717) is 22.5 Å². The SMILES string of the molecule is Cc1cccc(N2C(=O)[C@H]3[C@@H](ON(c4cccc([N+](=O)[O-])c4)[C@H]3c3ccc(OC(=O)c4ccccc4)cc3)C2=O)c1. The lowest BCUT2D eigenvalue weighted by Crippen LogP contribution is -2.37. The van der Waals surface area contributed by atoms with Crippen molar-refractivity contribution in [2.75, 3.05) is 9.96 Å². The molecule has 0 saturated carbocycles. The molecule has 0 aliphatic carbocycles. The lowest BCUT2D eigenvalue weighted by molar-refractivity contribution is -0.384. The zero-order chi connectivity index (χ0) is 28.7. The predicted molar refractivity (Wildman–Crippen MR) is 148 cm³/mol. The molecule has 0 spiro atoms. The zero-order valence-electron chi connectivity index (χ0n) is 21.7. The summed E-state index contributed by atoms with van der Waals surface area (Å²) in [4.78, 5) is 58.1. The van der Waals surface area contributed by atoms with Crippen LogP contribution in [-0.2, 0) is 14.4 Å². The largest absolute Gasteiger partial charge is 0.423 e. The van der Waals surface area contributed by atoms with Gasteiger partial charge in [-0.2, -0.15) is 0 Å². The third-order valence-electron chi connectivity index (χ3n) is 7.11. The normalized spacial score (nSPS) is 19.8. The van der Waals surface area contributed by atoms with Crippen LogP contribution in [0.15, 0.2) is 103 Å². The topological polar surface area (TPSA) is 119 Å². The Morgan fingerprint density at radius 3 is 2.27 bits per heavy atom. The number of ether oxygens (including phenoxy) is 1. The standard InChI is InChI=1S/C31H23N3O7/c1-19-7-5-10-22(17-19)32-29(35)26-27(20-13-15-25(16-14-20)40-31(37)21-8-3-2-4-9-21)33(41-28(26)30(32)36)23-11-6-12-24(18-23)34(38)39/h2-18,26-28H,1H3/t26-,27+,28-/m1/s1. The number of rotatable bonds is 6. The fourth-order valence-corrected chi connectivity index (χ4v) is 5.22. The van der Waals surface area contributed by atoms with Gasteiger partial charge in [-0.1, -0.05) is 48.5 Å². The summed E-state index contributed by atoms with van der Waals surface area (Å²) < 4.78 is 5.49. The van der Waals surface area contributed by atoms with Crippen molar-refractivity contribution in [1.29, 1.82) is 0 Å². The summed E-state index contributed by atoms with van der Waals surface area (Å²) in [7, 11) is 0. The molecule has 0 unspecified atom stereocenters. The highest BCUT2D eigenvalue weighted by molar-refractivity contribution is 6.24. The van der Waals surface area contributed by atoms with Crippen LogP contribution in [0.3, 0.4) is 0 Å². The van der Waals surface area contributed by atoms with Crippen molar-refractivity contribution in [2.45, 2.75) is 19.1 Å². The first-order valence-corrected chi connectivity index (χ1v) is 12.8. The number of esters is 1. The van der Waals surface area contributed by atoms with Gasteiger partial charge in [0.1, 0.15) is 11.7 Å². The molecule has 2 heterocycles. The first kappa shape index (κ1) is 25.9. The van der Waals surface area contributed by atoms with Crippen molar-refractivity contribution >= 4 is 34.8 Å². The Labute approximate surface area is 234 Å². The molecular formula is C31H23N3O7. The molecule has 4 aromatic carbocycles. The van der Waals surface area contributed by atoms with Gasteiger partial charge in [0.2, 0.25) is 5.91 Å². The molecule has 3 atom stereocenters. The van der Waals surface area contributed by atoms with E-state index < -0.39 is 40.8 Å².